The van der Waals surface area contributed by atoms with Gasteiger partial charge in [-0.3, -0.25) is 9.59 Å². The quantitative estimate of drug-likeness (QED) is 0.684. The van der Waals surface area contributed by atoms with Gasteiger partial charge in [-0.25, -0.2) is 8.78 Å². The van der Waals surface area contributed by atoms with Gasteiger partial charge in [0.15, 0.2) is 0 Å². The molecule has 2 aromatic rings. The molecule has 3 fully saturated rings. The fourth-order valence-electron chi connectivity index (χ4n) is 6.17. The zero-order valence-electron chi connectivity index (χ0n) is 20.2. The van der Waals surface area contributed by atoms with E-state index in [1.165, 1.54) is 19.2 Å². The Morgan fingerprint density at radius 3 is 2.49 bits per heavy atom. The van der Waals surface area contributed by atoms with Crippen LogP contribution in [0.15, 0.2) is 35.3 Å². The highest BCUT2D eigenvalue weighted by Gasteiger charge is 2.67. The molecule has 1 amide bonds. The number of fused-ring (bicyclic) bond motifs is 1. The van der Waals surface area contributed by atoms with E-state index in [9.17, 15) is 23.6 Å². The van der Waals surface area contributed by atoms with Crippen LogP contribution in [0.2, 0.25) is 0 Å². The number of likely N-dealkylation sites (tertiary alicyclic amines) is 1. The molecule has 0 bridgehead atoms. The van der Waals surface area contributed by atoms with Gasteiger partial charge >= 0.3 is 0 Å². The van der Waals surface area contributed by atoms with Crippen molar-refractivity contribution in [2.75, 3.05) is 25.0 Å². The SMILES string of the molecule is Cc1c(C#N)cccc1[C@@H](C)N(c1cc(=O)n([C@@H]2[C@@H](C)C2(F)F)cc1C(N)=O)C1C2CN(C)CC21. The van der Waals surface area contributed by atoms with E-state index >= 15 is 0 Å². The molecular weight excluding hydrogens is 452 g/mol. The van der Waals surface area contributed by atoms with Crippen molar-refractivity contribution in [1.82, 2.24) is 9.47 Å². The molecule has 5 rings (SSSR count). The molecule has 1 aromatic heterocycles. The van der Waals surface area contributed by atoms with Crippen molar-refractivity contribution >= 4 is 11.6 Å². The molecule has 0 radical (unpaired) electrons. The molecule has 1 saturated heterocycles. The average molecular weight is 482 g/mol. The second-order valence-corrected chi connectivity index (χ2v) is 10.3. The summed E-state index contributed by atoms with van der Waals surface area (Å²) in [5.41, 5.74) is 7.88. The lowest BCUT2D eigenvalue weighted by atomic mass is 9.96. The molecule has 5 atom stereocenters. The Labute approximate surface area is 202 Å². The Kier molecular flexibility index (Phi) is 5.29. The smallest absolute Gasteiger partial charge is 0.273 e. The number of carbonyl (C=O) groups is 1. The van der Waals surface area contributed by atoms with Gasteiger partial charge in [-0.2, -0.15) is 5.26 Å². The summed E-state index contributed by atoms with van der Waals surface area (Å²) in [5, 5.41) is 9.53. The van der Waals surface area contributed by atoms with E-state index in [2.05, 4.69) is 22.9 Å². The second kappa shape index (κ2) is 7.89. The molecule has 35 heavy (non-hydrogen) atoms. The number of rotatable bonds is 6. The first kappa shape index (κ1) is 23.5. The zero-order valence-corrected chi connectivity index (χ0v) is 20.2. The highest BCUT2D eigenvalue weighted by molar-refractivity contribution is 5.98. The molecule has 2 heterocycles. The fraction of sp³-hybridized carbons (Fsp3) is 0.500. The minimum Gasteiger partial charge on any atom is -0.365 e. The van der Waals surface area contributed by atoms with Crippen molar-refractivity contribution in [2.45, 2.75) is 44.8 Å². The number of hydrogen-bond donors (Lipinski definition) is 1. The van der Waals surface area contributed by atoms with Crippen molar-refractivity contribution in [2.24, 2.45) is 23.5 Å². The minimum atomic E-state index is -3.00. The summed E-state index contributed by atoms with van der Waals surface area (Å²) in [6.45, 7) is 7.04. The summed E-state index contributed by atoms with van der Waals surface area (Å²) in [4.78, 5) is 30.0. The Bertz CT molecular complexity index is 1300. The molecule has 0 spiro atoms. The van der Waals surface area contributed by atoms with Gasteiger partial charge in [0, 0.05) is 37.3 Å². The topological polar surface area (TPSA) is 95.4 Å². The lowest BCUT2D eigenvalue weighted by Crippen LogP contribution is -2.38. The number of hydrogen-bond acceptors (Lipinski definition) is 5. The zero-order chi connectivity index (χ0) is 25.4. The Morgan fingerprint density at radius 2 is 1.94 bits per heavy atom. The van der Waals surface area contributed by atoms with Crippen LogP contribution in [0.25, 0.3) is 0 Å². The van der Waals surface area contributed by atoms with Gasteiger partial charge in [0.1, 0.15) is 6.04 Å². The number of nitrogens with zero attached hydrogens (tertiary/aromatic N) is 4. The molecule has 184 valence electrons. The molecule has 1 aromatic carbocycles. The molecule has 1 aliphatic heterocycles. The van der Waals surface area contributed by atoms with Crippen molar-refractivity contribution in [3.63, 3.8) is 0 Å². The molecule has 2 unspecified atom stereocenters. The molecule has 9 heteroatoms. The Morgan fingerprint density at radius 1 is 1.31 bits per heavy atom. The van der Waals surface area contributed by atoms with Crippen LogP contribution < -0.4 is 16.2 Å². The summed E-state index contributed by atoms with van der Waals surface area (Å²) in [6, 6.07) is 7.53. The van der Waals surface area contributed by atoms with Crippen LogP contribution in [0, 0.1) is 36.0 Å². The van der Waals surface area contributed by atoms with Crippen LogP contribution >= 0.6 is 0 Å². The summed E-state index contributed by atoms with van der Waals surface area (Å²) >= 11 is 0. The number of pyridine rings is 1. The monoisotopic (exact) mass is 481 g/mol. The predicted molar refractivity (Wildman–Crippen MR) is 127 cm³/mol. The number of nitrogens with two attached hydrogens (primary N) is 1. The summed E-state index contributed by atoms with van der Waals surface area (Å²) in [5.74, 6) is -4.04. The normalized spacial score (nSPS) is 29.2. The van der Waals surface area contributed by atoms with E-state index in [1.807, 2.05) is 26.0 Å². The van der Waals surface area contributed by atoms with Crippen molar-refractivity contribution < 1.29 is 13.6 Å². The van der Waals surface area contributed by atoms with E-state index in [4.69, 9.17) is 5.73 Å². The van der Waals surface area contributed by atoms with Crippen molar-refractivity contribution in [3.05, 3.63) is 63.1 Å². The summed E-state index contributed by atoms with van der Waals surface area (Å²) in [7, 11) is 2.06. The third-order valence-electron chi connectivity index (χ3n) is 8.28. The number of piperidine rings is 1. The maximum absolute atomic E-state index is 14.1. The van der Waals surface area contributed by atoms with Gasteiger partial charge in [-0.05, 0) is 49.9 Å². The number of aromatic nitrogens is 1. The molecule has 2 aliphatic carbocycles. The van der Waals surface area contributed by atoms with E-state index < -0.39 is 29.3 Å². The van der Waals surface area contributed by atoms with Gasteiger partial charge in [-0.1, -0.05) is 19.1 Å². The molecule has 2 N–H and O–H groups in total. The number of nitriles is 1. The predicted octanol–water partition coefficient (Wildman–Crippen LogP) is 3.08. The second-order valence-electron chi connectivity index (χ2n) is 10.3. The van der Waals surface area contributed by atoms with Gasteiger partial charge in [0.2, 0.25) is 0 Å². The van der Waals surface area contributed by atoms with E-state index in [1.54, 1.807) is 6.07 Å². The number of amides is 1. The number of primary amides is 1. The van der Waals surface area contributed by atoms with E-state index in [0.717, 1.165) is 28.8 Å². The average Bonchev–Trinajstić information content (AvgIpc) is 3.50. The van der Waals surface area contributed by atoms with Gasteiger partial charge in [-0.15, -0.1) is 0 Å². The molecular formula is C26H29F2N5O2. The van der Waals surface area contributed by atoms with Crippen LogP contribution in [0.1, 0.15) is 53.0 Å². The van der Waals surface area contributed by atoms with E-state index in [-0.39, 0.29) is 17.6 Å². The van der Waals surface area contributed by atoms with Crippen LogP contribution in [-0.4, -0.2) is 47.5 Å². The first-order valence-electron chi connectivity index (χ1n) is 11.9. The lowest BCUT2D eigenvalue weighted by molar-refractivity contribution is 0.0871. The molecule has 3 aliphatic rings. The highest BCUT2D eigenvalue weighted by atomic mass is 19.3. The molecule has 7 nitrogen and oxygen atoms in total. The lowest BCUT2D eigenvalue weighted by Gasteiger charge is -2.36. The Hall–Kier alpha value is -3.25. The Balaban J connectivity index is 1.64. The fourth-order valence-corrected chi connectivity index (χ4v) is 6.17. The van der Waals surface area contributed by atoms with Crippen molar-refractivity contribution in [1.29, 1.82) is 5.26 Å². The number of alkyl halides is 2. The standard InChI is InChI=1S/C26H29F2N5O2/c1-13-16(9-29)6-5-7-17(13)15(3)33(23-18-10-31(4)11-19(18)23)21-8-22(34)32(12-20(21)25(30)35)24-14(2)26(24,27)28/h5-8,12,14-15,18-19,23-24H,10-11H2,1-4H3,(H2,30,35)/t14-,15-,18?,19?,23?,24-/m1/s1. The van der Waals surface area contributed by atoms with Crippen molar-refractivity contribution in [3.8, 4) is 6.07 Å². The number of benzene rings is 1. The van der Waals surface area contributed by atoms with Crippen LogP contribution in [0.5, 0.6) is 0 Å². The number of halogens is 2. The van der Waals surface area contributed by atoms with Crippen LogP contribution in [0.3, 0.4) is 0 Å². The first-order valence-corrected chi connectivity index (χ1v) is 11.9. The minimum absolute atomic E-state index is 0.0544. The number of carbonyl (C=O) groups excluding carboxylic acids is 1. The van der Waals surface area contributed by atoms with Crippen LogP contribution in [0.4, 0.5) is 14.5 Å². The highest BCUT2D eigenvalue weighted by Crippen LogP contribution is 2.58. The first-order chi connectivity index (χ1) is 16.5. The van der Waals surface area contributed by atoms with Gasteiger partial charge in [0.05, 0.1) is 28.9 Å². The summed E-state index contributed by atoms with van der Waals surface area (Å²) < 4.78 is 29.2. The maximum Gasteiger partial charge on any atom is 0.273 e. The van der Waals surface area contributed by atoms with E-state index in [0.29, 0.717) is 23.1 Å². The van der Waals surface area contributed by atoms with Gasteiger partial charge in [0.25, 0.3) is 17.4 Å². The largest absolute Gasteiger partial charge is 0.365 e. The van der Waals surface area contributed by atoms with Gasteiger partial charge < -0.3 is 20.1 Å². The third-order valence-corrected chi connectivity index (χ3v) is 8.28. The third kappa shape index (κ3) is 3.54. The summed E-state index contributed by atoms with van der Waals surface area (Å²) in [6.07, 6.45) is 1.21. The number of anilines is 1. The molecule has 2 saturated carbocycles. The maximum atomic E-state index is 14.1. The van der Waals surface area contributed by atoms with Crippen LogP contribution in [-0.2, 0) is 0 Å².